The Balaban J connectivity index is 2.39. The number of halogens is 3. The molecule has 2 rings (SSSR count). The summed E-state index contributed by atoms with van der Waals surface area (Å²) in [7, 11) is 0. The average Bonchev–Trinajstić information content (AvgIpc) is 2.42. The summed E-state index contributed by atoms with van der Waals surface area (Å²) >= 11 is 9.13. The third-order valence-corrected chi connectivity index (χ3v) is 3.40. The number of nitrogens with zero attached hydrogens (tertiary/aromatic N) is 1. The lowest BCUT2D eigenvalue weighted by Gasteiger charge is -2.08. The maximum Gasteiger partial charge on any atom is 0.282 e. The third-order valence-electron chi connectivity index (χ3n) is 2.58. The molecule has 1 amide bonds. The highest BCUT2D eigenvalue weighted by Gasteiger charge is 2.21. The van der Waals surface area contributed by atoms with Crippen molar-refractivity contribution in [2.24, 2.45) is 0 Å². The number of hydrogen-bond donors (Lipinski definition) is 1. The van der Waals surface area contributed by atoms with Gasteiger partial charge in [-0.15, -0.1) is 0 Å². The maximum absolute atomic E-state index is 13.2. The molecule has 2 aromatic carbocycles. The second kappa shape index (κ2) is 6.19. The van der Waals surface area contributed by atoms with Gasteiger partial charge in [0.2, 0.25) is 0 Å². The van der Waals surface area contributed by atoms with E-state index in [4.69, 9.17) is 11.6 Å². The number of nitro benzene ring substituents is 1. The second-order valence-corrected chi connectivity index (χ2v) is 5.32. The van der Waals surface area contributed by atoms with E-state index in [0.29, 0.717) is 4.47 Å². The molecule has 0 aliphatic heterocycles. The van der Waals surface area contributed by atoms with Crippen molar-refractivity contribution in [1.82, 2.24) is 0 Å². The van der Waals surface area contributed by atoms with E-state index in [1.54, 1.807) is 12.1 Å². The fourth-order valence-electron chi connectivity index (χ4n) is 1.63. The standard InChI is InChI=1S/C13H7BrClFN2O3/c14-7-1-3-10(15)11(5-7)17-13(19)9-6-8(16)2-4-12(9)18(20)21/h1-6H,(H,17,19). The van der Waals surface area contributed by atoms with E-state index < -0.39 is 22.3 Å². The van der Waals surface area contributed by atoms with Gasteiger partial charge in [-0.1, -0.05) is 27.5 Å². The van der Waals surface area contributed by atoms with Gasteiger partial charge in [-0.05, 0) is 30.3 Å². The number of nitrogens with one attached hydrogen (secondary N) is 1. The van der Waals surface area contributed by atoms with E-state index in [-0.39, 0.29) is 16.3 Å². The van der Waals surface area contributed by atoms with Gasteiger partial charge in [0.15, 0.2) is 0 Å². The van der Waals surface area contributed by atoms with Crippen molar-refractivity contribution in [3.05, 3.63) is 67.4 Å². The van der Waals surface area contributed by atoms with Crippen molar-refractivity contribution in [2.45, 2.75) is 0 Å². The summed E-state index contributed by atoms with van der Waals surface area (Å²) < 4.78 is 13.9. The van der Waals surface area contributed by atoms with Crippen LogP contribution in [0.5, 0.6) is 0 Å². The SMILES string of the molecule is O=C(Nc1cc(Br)ccc1Cl)c1cc(F)ccc1[N+](=O)[O-]. The Labute approximate surface area is 132 Å². The van der Waals surface area contributed by atoms with Crippen molar-refractivity contribution < 1.29 is 14.1 Å². The summed E-state index contributed by atoms with van der Waals surface area (Å²) in [4.78, 5) is 22.2. The van der Waals surface area contributed by atoms with Gasteiger partial charge in [0.05, 0.1) is 15.6 Å². The Morgan fingerprint density at radius 2 is 2.00 bits per heavy atom. The average molecular weight is 374 g/mol. The zero-order valence-corrected chi connectivity index (χ0v) is 12.6. The summed E-state index contributed by atoms with van der Waals surface area (Å²) in [6.07, 6.45) is 0. The molecule has 0 aromatic heterocycles. The van der Waals surface area contributed by atoms with Crippen LogP contribution in [0, 0.1) is 15.9 Å². The van der Waals surface area contributed by atoms with Gasteiger partial charge in [-0.3, -0.25) is 14.9 Å². The van der Waals surface area contributed by atoms with Crippen molar-refractivity contribution >= 4 is 44.8 Å². The van der Waals surface area contributed by atoms with E-state index in [1.807, 2.05) is 0 Å². The number of rotatable bonds is 3. The summed E-state index contributed by atoms with van der Waals surface area (Å²) in [5.41, 5.74) is -0.606. The normalized spacial score (nSPS) is 10.2. The summed E-state index contributed by atoms with van der Waals surface area (Å²) in [5, 5.41) is 13.6. The molecule has 0 spiro atoms. The van der Waals surface area contributed by atoms with Crippen molar-refractivity contribution in [2.75, 3.05) is 5.32 Å². The molecule has 0 fully saturated rings. The molecule has 0 unspecified atom stereocenters. The molecule has 1 N–H and O–H groups in total. The molecule has 108 valence electrons. The molecule has 0 atom stereocenters. The Bertz CT molecular complexity index is 739. The first-order valence-corrected chi connectivity index (χ1v) is 6.76. The molecule has 0 heterocycles. The smallest absolute Gasteiger partial charge is 0.282 e. The molecule has 8 heteroatoms. The van der Waals surface area contributed by atoms with E-state index in [1.165, 1.54) is 6.07 Å². The highest BCUT2D eigenvalue weighted by atomic mass is 79.9. The number of carbonyl (C=O) groups is 1. The molecule has 0 aliphatic rings. The first kappa shape index (κ1) is 15.4. The topological polar surface area (TPSA) is 72.2 Å². The van der Waals surface area contributed by atoms with Crippen LogP contribution in [-0.2, 0) is 0 Å². The first-order chi connectivity index (χ1) is 9.88. The molecular formula is C13H7BrClFN2O3. The highest BCUT2D eigenvalue weighted by molar-refractivity contribution is 9.10. The second-order valence-electron chi connectivity index (χ2n) is 4.00. The van der Waals surface area contributed by atoms with Crippen LogP contribution in [0.3, 0.4) is 0 Å². The van der Waals surface area contributed by atoms with Gasteiger partial charge in [-0.25, -0.2) is 4.39 Å². The third kappa shape index (κ3) is 3.56. The predicted octanol–water partition coefficient (Wildman–Crippen LogP) is 4.40. The van der Waals surface area contributed by atoms with E-state index in [0.717, 1.165) is 18.2 Å². The number of benzene rings is 2. The molecule has 0 bridgehead atoms. The van der Waals surface area contributed by atoms with Crippen molar-refractivity contribution in [3.63, 3.8) is 0 Å². The molecule has 21 heavy (non-hydrogen) atoms. The summed E-state index contributed by atoms with van der Waals surface area (Å²) in [6, 6.07) is 7.41. The maximum atomic E-state index is 13.2. The Morgan fingerprint density at radius 3 is 2.67 bits per heavy atom. The largest absolute Gasteiger partial charge is 0.320 e. The van der Waals surface area contributed by atoms with Crippen LogP contribution in [0.25, 0.3) is 0 Å². The number of anilines is 1. The van der Waals surface area contributed by atoms with Crippen LogP contribution in [0.15, 0.2) is 40.9 Å². The lowest BCUT2D eigenvalue weighted by Crippen LogP contribution is -2.14. The van der Waals surface area contributed by atoms with Crippen molar-refractivity contribution in [1.29, 1.82) is 0 Å². The van der Waals surface area contributed by atoms with Gasteiger partial charge < -0.3 is 5.32 Å². The molecule has 0 saturated heterocycles. The van der Waals surface area contributed by atoms with Crippen LogP contribution in [-0.4, -0.2) is 10.8 Å². The van der Waals surface area contributed by atoms with Crippen LogP contribution < -0.4 is 5.32 Å². The van der Waals surface area contributed by atoms with E-state index >= 15 is 0 Å². The molecule has 0 aliphatic carbocycles. The summed E-state index contributed by atoms with van der Waals surface area (Å²) in [5.74, 6) is -1.56. The fourth-order valence-corrected chi connectivity index (χ4v) is 2.16. The van der Waals surface area contributed by atoms with Crippen LogP contribution in [0.4, 0.5) is 15.8 Å². The fraction of sp³-hybridized carbons (Fsp3) is 0. The Morgan fingerprint density at radius 1 is 1.29 bits per heavy atom. The van der Waals surface area contributed by atoms with Crippen LogP contribution in [0.2, 0.25) is 5.02 Å². The number of amides is 1. The van der Waals surface area contributed by atoms with Gasteiger partial charge in [-0.2, -0.15) is 0 Å². The molecule has 5 nitrogen and oxygen atoms in total. The van der Waals surface area contributed by atoms with Gasteiger partial charge in [0.1, 0.15) is 11.4 Å². The lowest BCUT2D eigenvalue weighted by atomic mass is 10.1. The van der Waals surface area contributed by atoms with Crippen LogP contribution in [0.1, 0.15) is 10.4 Å². The predicted molar refractivity (Wildman–Crippen MR) is 80.2 cm³/mol. The monoisotopic (exact) mass is 372 g/mol. The van der Waals surface area contributed by atoms with Crippen molar-refractivity contribution in [3.8, 4) is 0 Å². The number of nitro groups is 1. The van der Waals surface area contributed by atoms with E-state index in [9.17, 15) is 19.3 Å². The van der Waals surface area contributed by atoms with Gasteiger partial charge in [0, 0.05) is 10.5 Å². The number of carbonyl (C=O) groups excluding carboxylic acids is 1. The Kier molecular flexibility index (Phi) is 4.54. The zero-order valence-electron chi connectivity index (χ0n) is 10.3. The highest BCUT2D eigenvalue weighted by Crippen LogP contribution is 2.27. The minimum Gasteiger partial charge on any atom is -0.320 e. The first-order valence-electron chi connectivity index (χ1n) is 5.59. The van der Waals surface area contributed by atoms with Gasteiger partial charge >= 0.3 is 0 Å². The number of hydrogen-bond acceptors (Lipinski definition) is 3. The minimum absolute atomic E-state index is 0.255. The van der Waals surface area contributed by atoms with Gasteiger partial charge in [0.25, 0.3) is 11.6 Å². The molecule has 2 aromatic rings. The minimum atomic E-state index is -0.818. The quantitative estimate of drug-likeness (QED) is 0.640. The lowest BCUT2D eigenvalue weighted by molar-refractivity contribution is -0.385. The summed E-state index contributed by atoms with van der Waals surface area (Å²) in [6.45, 7) is 0. The van der Waals surface area contributed by atoms with Crippen LogP contribution >= 0.6 is 27.5 Å². The van der Waals surface area contributed by atoms with E-state index in [2.05, 4.69) is 21.2 Å². The zero-order chi connectivity index (χ0) is 15.6. The molecular weight excluding hydrogens is 367 g/mol. The molecule has 0 radical (unpaired) electrons. The molecule has 0 saturated carbocycles. The Hall–Kier alpha value is -1.99.